The maximum absolute atomic E-state index is 12.6. The van der Waals surface area contributed by atoms with Gasteiger partial charge in [-0.25, -0.2) is 4.79 Å². The third kappa shape index (κ3) is 14.7. The largest absolute Gasteiger partial charge is 0.481 e. The van der Waals surface area contributed by atoms with Crippen LogP contribution in [0.15, 0.2) is 4.99 Å². The molecule has 0 radical (unpaired) electrons. The molecule has 0 fully saturated rings. The highest BCUT2D eigenvalue weighted by Gasteiger charge is 2.30. The van der Waals surface area contributed by atoms with Crippen LogP contribution in [-0.2, 0) is 33.6 Å². The van der Waals surface area contributed by atoms with Crippen molar-refractivity contribution in [1.82, 2.24) is 21.3 Å². The molecular formula is C21H36N8O10. The molecule has 0 aromatic carbocycles. The summed E-state index contributed by atoms with van der Waals surface area (Å²) in [7, 11) is 0. The van der Waals surface area contributed by atoms with Gasteiger partial charge >= 0.3 is 17.9 Å². The zero-order chi connectivity index (χ0) is 30.3. The van der Waals surface area contributed by atoms with Crippen molar-refractivity contribution in [3.8, 4) is 0 Å². The highest BCUT2D eigenvalue weighted by atomic mass is 16.4. The predicted octanol–water partition coefficient (Wildman–Crippen LogP) is -4.23. The first-order valence-electron chi connectivity index (χ1n) is 11.7. The average Bonchev–Trinajstić information content (AvgIpc) is 2.82. The second-order valence-electron chi connectivity index (χ2n) is 8.51. The summed E-state index contributed by atoms with van der Waals surface area (Å²) in [4.78, 5) is 86.5. The Labute approximate surface area is 223 Å². The van der Waals surface area contributed by atoms with Crippen LogP contribution in [0.4, 0.5) is 0 Å². The van der Waals surface area contributed by atoms with Gasteiger partial charge in [0.25, 0.3) is 0 Å². The van der Waals surface area contributed by atoms with Crippen molar-refractivity contribution < 1.29 is 48.9 Å². The maximum atomic E-state index is 12.6. The lowest BCUT2D eigenvalue weighted by molar-refractivity contribution is -0.147. The van der Waals surface area contributed by atoms with Gasteiger partial charge in [0.05, 0.1) is 12.5 Å². The third-order valence-electron chi connectivity index (χ3n) is 5.08. The molecule has 18 heteroatoms. The second-order valence-corrected chi connectivity index (χ2v) is 8.51. The minimum Gasteiger partial charge on any atom is -0.481 e. The normalized spacial score (nSPS) is 14.3. The van der Waals surface area contributed by atoms with Gasteiger partial charge in [0.1, 0.15) is 24.2 Å². The number of carbonyl (C=O) groups is 7. The summed E-state index contributed by atoms with van der Waals surface area (Å²) in [6, 6.07) is -6.75. The standard InChI is InChI=1S/C21H36N8O10/c1-9(27-18(36)11(22)4-3-7-25-21(23)24)16(34)26-10(2)17(35)28-12(5-6-14(30)31)19(37)29-13(20(38)39)8-15(32)33/h9-13H,3-8,22H2,1-2H3,(H,26,34)(H,27,36)(H,28,35)(H,29,37)(H,30,31)(H,32,33)(H,38,39)(H4,23,24,25)/t9-,10-,11-,12-,13-/m0/s1. The Morgan fingerprint density at radius 2 is 1.23 bits per heavy atom. The number of nitrogens with two attached hydrogens (primary N) is 3. The molecule has 13 N–H and O–H groups in total. The van der Waals surface area contributed by atoms with Crippen LogP contribution in [0.25, 0.3) is 0 Å². The van der Waals surface area contributed by atoms with E-state index in [9.17, 15) is 33.6 Å². The van der Waals surface area contributed by atoms with E-state index in [-0.39, 0.29) is 18.9 Å². The molecule has 5 atom stereocenters. The molecule has 0 heterocycles. The maximum Gasteiger partial charge on any atom is 0.326 e. The lowest BCUT2D eigenvalue weighted by Gasteiger charge is -2.23. The van der Waals surface area contributed by atoms with E-state index in [0.717, 1.165) is 0 Å². The fourth-order valence-electron chi connectivity index (χ4n) is 2.92. The van der Waals surface area contributed by atoms with Crippen molar-refractivity contribution in [2.24, 2.45) is 22.2 Å². The first kappa shape index (κ1) is 34.5. The van der Waals surface area contributed by atoms with E-state index in [1.165, 1.54) is 13.8 Å². The highest BCUT2D eigenvalue weighted by Crippen LogP contribution is 2.03. The van der Waals surface area contributed by atoms with Crippen LogP contribution >= 0.6 is 0 Å². The van der Waals surface area contributed by atoms with E-state index >= 15 is 0 Å². The fourth-order valence-corrected chi connectivity index (χ4v) is 2.92. The van der Waals surface area contributed by atoms with E-state index < -0.39 is 91.0 Å². The topological polar surface area (TPSA) is 319 Å². The van der Waals surface area contributed by atoms with Gasteiger partial charge < -0.3 is 53.8 Å². The lowest BCUT2D eigenvalue weighted by Crippen LogP contribution is -2.57. The van der Waals surface area contributed by atoms with Crippen LogP contribution in [0, 0.1) is 0 Å². The van der Waals surface area contributed by atoms with E-state index in [0.29, 0.717) is 6.42 Å². The van der Waals surface area contributed by atoms with Crippen molar-refractivity contribution in [2.45, 2.75) is 76.2 Å². The molecule has 0 aromatic rings. The van der Waals surface area contributed by atoms with Crippen LogP contribution in [0.1, 0.15) is 46.0 Å². The number of guanidine groups is 1. The highest BCUT2D eigenvalue weighted by molar-refractivity contribution is 5.95. The number of aliphatic carboxylic acids is 3. The Bertz CT molecular complexity index is 953. The molecule has 0 unspecified atom stereocenters. The van der Waals surface area contributed by atoms with Crippen molar-refractivity contribution in [3.63, 3.8) is 0 Å². The zero-order valence-electron chi connectivity index (χ0n) is 21.5. The molecular weight excluding hydrogens is 524 g/mol. The lowest BCUT2D eigenvalue weighted by atomic mass is 10.1. The van der Waals surface area contributed by atoms with Gasteiger partial charge in [0, 0.05) is 13.0 Å². The second kappa shape index (κ2) is 17.1. The number of amides is 4. The van der Waals surface area contributed by atoms with Crippen LogP contribution < -0.4 is 38.5 Å². The Balaban J connectivity index is 5.09. The van der Waals surface area contributed by atoms with Crippen LogP contribution in [0.5, 0.6) is 0 Å². The smallest absolute Gasteiger partial charge is 0.326 e. The average molecular weight is 561 g/mol. The molecule has 0 aromatic heterocycles. The molecule has 0 saturated carbocycles. The molecule has 18 nitrogen and oxygen atoms in total. The number of carboxylic acid groups (broad SMARTS) is 3. The molecule has 0 aliphatic carbocycles. The van der Waals surface area contributed by atoms with Crippen molar-refractivity contribution >= 4 is 47.5 Å². The summed E-state index contributed by atoms with van der Waals surface area (Å²) < 4.78 is 0. The van der Waals surface area contributed by atoms with E-state index in [2.05, 4.69) is 20.9 Å². The third-order valence-corrected chi connectivity index (χ3v) is 5.08. The van der Waals surface area contributed by atoms with E-state index in [1.807, 2.05) is 5.32 Å². The molecule has 0 aliphatic rings. The first-order chi connectivity index (χ1) is 18.0. The fraction of sp³-hybridized carbons (Fsp3) is 0.619. The monoisotopic (exact) mass is 560 g/mol. The Hall–Kier alpha value is -4.48. The number of nitrogens with zero attached hydrogens (tertiary/aromatic N) is 1. The van der Waals surface area contributed by atoms with Gasteiger partial charge in [-0.1, -0.05) is 0 Å². The molecule has 39 heavy (non-hydrogen) atoms. The summed E-state index contributed by atoms with van der Waals surface area (Å²) in [5.41, 5.74) is 16.2. The Morgan fingerprint density at radius 3 is 1.72 bits per heavy atom. The van der Waals surface area contributed by atoms with E-state index in [4.69, 9.17) is 32.5 Å². The van der Waals surface area contributed by atoms with Crippen LogP contribution in [-0.4, -0.2) is 99.6 Å². The first-order valence-corrected chi connectivity index (χ1v) is 11.7. The van der Waals surface area contributed by atoms with Crippen molar-refractivity contribution in [2.75, 3.05) is 6.54 Å². The van der Waals surface area contributed by atoms with Gasteiger partial charge in [-0.3, -0.25) is 33.8 Å². The van der Waals surface area contributed by atoms with Gasteiger partial charge in [0.2, 0.25) is 23.6 Å². The number of carbonyl (C=O) groups excluding carboxylic acids is 4. The summed E-state index contributed by atoms with van der Waals surface area (Å²) in [6.45, 7) is 2.84. The van der Waals surface area contributed by atoms with Gasteiger partial charge in [0.15, 0.2) is 5.96 Å². The number of hydrogen-bond acceptors (Lipinski definition) is 9. The van der Waals surface area contributed by atoms with E-state index in [1.54, 1.807) is 0 Å². The number of hydrogen-bond donors (Lipinski definition) is 10. The SMILES string of the molecule is C[C@H](NC(=O)[C@H](C)NC(=O)[C@@H](N)CCCN=C(N)N)C(=O)N[C@@H](CCC(=O)O)C(=O)N[C@@H](CC(=O)O)C(=O)O. The summed E-state index contributed by atoms with van der Waals surface area (Å²) in [5.74, 6) is -8.08. The van der Waals surface area contributed by atoms with Crippen molar-refractivity contribution in [1.29, 1.82) is 0 Å². The summed E-state index contributed by atoms with van der Waals surface area (Å²) in [5, 5.41) is 35.7. The number of aliphatic imine (C=N–C) groups is 1. The van der Waals surface area contributed by atoms with Gasteiger partial charge in [-0.2, -0.15) is 0 Å². The molecule has 0 aliphatic heterocycles. The summed E-state index contributed by atoms with van der Waals surface area (Å²) >= 11 is 0. The predicted molar refractivity (Wildman–Crippen MR) is 134 cm³/mol. The molecule has 0 spiro atoms. The quantitative estimate of drug-likeness (QED) is 0.0432. The molecule has 0 rings (SSSR count). The van der Waals surface area contributed by atoms with Crippen LogP contribution in [0.3, 0.4) is 0 Å². The number of carboxylic acids is 3. The Kier molecular flexibility index (Phi) is 15.1. The number of nitrogens with one attached hydrogen (secondary N) is 4. The molecule has 0 bridgehead atoms. The summed E-state index contributed by atoms with van der Waals surface area (Å²) in [6.07, 6.45) is -1.38. The minimum atomic E-state index is -1.83. The van der Waals surface area contributed by atoms with Crippen molar-refractivity contribution in [3.05, 3.63) is 0 Å². The molecule has 0 saturated heterocycles. The zero-order valence-corrected chi connectivity index (χ0v) is 21.5. The minimum absolute atomic E-state index is 0.104. The Morgan fingerprint density at radius 1 is 0.718 bits per heavy atom. The van der Waals surface area contributed by atoms with Crippen LogP contribution in [0.2, 0.25) is 0 Å². The van der Waals surface area contributed by atoms with Gasteiger partial charge in [-0.15, -0.1) is 0 Å². The molecule has 4 amide bonds. The molecule has 220 valence electrons. The number of rotatable bonds is 18. The van der Waals surface area contributed by atoms with Gasteiger partial charge in [-0.05, 0) is 33.1 Å².